The van der Waals surface area contributed by atoms with Gasteiger partial charge in [-0.25, -0.2) is 4.18 Å². The van der Waals surface area contributed by atoms with Crippen molar-refractivity contribution in [2.75, 3.05) is 13.1 Å². The van der Waals surface area contributed by atoms with E-state index in [0.717, 1.165) is 57.4 Å². The maximum absolute atomic E-state index is 11.8. The number of hydrogen-bond acceptors (Lipinski definition) is 8. The molecule has 0 aromatic rings. The lowest BCUT2D eigenvalue weighted by Crippen LogP contribution is -2.58. The van der Waals surface area contributed by atoms with E-state index >= 15 is 0 Å². The van der Waals surface area contributed by atoms with Crippen LogP contribution in [0.25, 0.3) is 0 Å². The summed E-state index contributed by atoms with van der Waals surface area (Å²) in [6, 6.07) is 0. The zero-order chi connectivity index (χ0) is 32.5. The summed E-state index contributed by atoms with van der Waals surface area (Å²) in [6.07, 6.45) is 14.2. The van der Waals surface area contributed by atoms with Crippen molar-refractivity contribution in [3.63, 3.8) is 0 Å². The Hall–Kier alpha value is -0.330. The largest absolute Gasteiger partial charge is 0.400 e. The molecular formula is C34H65N3O6S. The monoisotopic (exact) mass is 643 g/mol. The Morgan fingerprint density at radius 3 is 2.34 bits per heavy atom. The van der Waals surface area contributed by atoms with Crippen LogP contribution in [0.2, 0.25) is 0 Å². The average Bonchev–Trinajstić information content (AvgIpc) is 3.29. The van der Waals surface area contributed by atoms with Crippen LogP contribution in [-0.2, 0) is 14.6 Å². The van der Waals surface area contributed by atoms with Crippen LogP contribution in [0, 0.1) is 58.2 Å². The number of aliphatic hydroxyl groups excluding tert-OH is 1. The first-order chi connectivity index (χ1) is 20.5. The molecule has 4 rings (SSSR count). The summed E-state index contributed by atoms with van der Waals surface area (Å²) in [5.41, 5.74) is 12.3. The third kappa shape index (κ3) is 7.86. The van der Waals surface area contributed by atoms with Crippen LogP contribution in [0.5, 0.6) is 0 Å². The Morgan fingerprint density at radius 2 is 1.68 bits per heavy atom. The summed E-state index contributed by atoms with van der Waals surface area (Å²) in [6.45, 7) is 12.2. The number of nitrogens with one attached hydrogen (secondary N) is 1. The molecule has 0 heterocycles. The molecule has 0 aliphatic heterocycles. The van der Waals surface area contributed by atoms with Gasteiger partial charge in [-0.15, -0.1) is 0 Å². The first-order valence-electron chi connectivity index (χ1n) is 17.8. The quantitative estimate of drug-likeness (QED) is 0.0798. The average molecular weight is 644 g/mol. The highest BCUT2D eigenvalue weighted by atomic mass is 32.3. The van der Waals surface area contributed by atoms with Gasteiger partial charge < -0.3 is 27.0 Å². The predicted octanol–water partition coefficient (Wildman–Crippen LogP) is 5.21. The second-order valence-electron chi connectivity index (χ2n) is 16.3. The van der Waals surface area contributed by atoms with Gasteiger partial charge in [0.25, 0.3) is 0 Å². The van der Waals surface area contributed by atoms with Crippen molar-refractivity contribution in [1.82, 2.24) is 5.32 Å². The minimum absolute atomic E-state index is 0.0496. The van der Waals surface area contributed by atoms with Crippen molar-refractivity contribution in [3.05, 3.63) is 0 Å². The topological polar surface area (TPSA) is 168 Å². The molecule has 12 atom stereocenters. The van der Waals surface area contributed by atoms with Gasteiger partial charge in [0.1, 0.15) is 0 Å². The SMILES string of the molecule is CC(C)C(O)(CC[C@@H](C)[C@H]1CCC2C3C(CC[C@@]21C)[C@@]1(C)CC[C@H](CCCC(N)NCCCN)C[C@@H]1C[C@H]3O)OS(=O)(=O)O. The Balaban J connectivity index is 1.36. The minimum Gasteiger partial charge on any atom is -0.393 e. The molecular weight excluding hydrogens is 578 g/mol. The van der Waals surface area contributed by atoms with Gasteiger partial charge in [-0.1, -0.05) is 47.5 Å². The minimum atomic E-state index is -4.76. The summed E-state index contributed by atoms with van der Waals surface area (Å²) in [5, 5.41) is 26.1. The van der Waals surface area contributed by atoms with E-state index in [1.54, 1.807) is 13.8 Å². The third-order valence-corrected chi connectivity index (χ3v) is 14.1. The molecule has 10 heteroatoms. The molecule has 0 saturated heterocycles. The molecule has 258 valence electrons. The van der Waals surface area contributed by atoms with Gasteiger partial charge in [0, 0.05) is 12.3 Å². The molecule has 0 radical (unpaired) electrons. The number of rotatable bonds is 15. The van der Waals surface area contributed by atoms with E-state index in [1.165, 1.54) is 32.1 Å². The van der Waals surface area contributed by atoms with Crippen molar-refractivity contribution < 1.29 is 27.4 Å². The van der Waals surface area contributed by atoms with Gasteiger partial charge >= 0.3 is 10.4 Å². The van der Waals surface area contributed by atoms with Crippen LogP contribution in [0.15, 0.2) is 0 Å². The Labute approximate surface area is 268 Å². The van der Waals surface area contributed by atoms with Crippen molar-refractivity contribution >= 4 is 10.4 Å². The van der Waals surface area contributed by atoms with E-state index in [9.17, 15) is 23.2 Å². The highest BCUT2D eigenvalue weighted by Gasteiger charge is 2.63. The summed E-state index contributed by atoms with van der Waals surface area (Å²) >= 11 is 0. The van der Waals surface area contributed by atoms with Crippen molar-refractivity contribution in [1.29, 1.82) is 0 Å². The predicted molar refractivity (Wildman–Crippen MR) is 174 cm³/mol. The van der Waals surface area contributed by atoms with Gasteiger partial charge in [0.15, 0.2) is 5.79 Å². The normalized spacial score (nSPS) is 40.1. The smallest absolute Gasteiger partial charge is 0.393 e. The number of aliphatic hydroxyl groups is 2. The van der Waals surface area contributed by atoms with Gasteiger partial charge in [-0.05, 0) is 136 Å². The maximum Gasteiger partial charge on any atom is 0.400 e. The summed E-state index contributed by atoms with van der Waals surface area (Å²) in [5.74, 6) is 1.02. The molecule has 0 bridgehead atoms. The fourth-order valence-corrected chi connectivity index (χ4v) is 11.6. The van der Waals surface area contributed by atoms with E-state index in [0.29, 0.717) is 48.0 Å². The van der Waals surface area contributed by atoms with Crippen LogP contribution in [0.1, 0.15) is 125 Å². The fraction of sp³-hybridized carbons (Fsp3) is 1.00. The molecule has 9 nitrogen and oxygen atoms in total. The highest BCUT2D eigenvalue weighted by Crippen LogP contribution is 2.69. The molecule has 4 fully saturated rings. The van der Waals surface area contributed by atoms with E-state index < -0.39 is 22.1 Å². The van der Waals surface area contributed by atoms with Gasteiger partial charge in [-0.3, -0.25) is 4.55 Å². The number of fused-ring (bicyclic) bond motifs is 5. The molecule has 4 aliphatic rings. The fourth-order valence-electron chi connectivity index (χ4n) is 10.9. The molecule has 0 aromatic carbocycles. The van der Waals surface area contributed by atoms with Crippen molar-refractivity contribution in [3.8, 4) is 0 Å². The van der Waals surface area contributed by atoms with Crippen LogP contribution < -0.4 is 16.8 Å². The first-order valence-corrected chi connectivity index (χ1v) is 19.2. The van der Waals surface area contributed by atoms with Gasteiger partial charge in [0.2, 0.25) is 0 Å². The first kappa shape index (κ1) is 36.5. The van der Waals surface area contributed by atoms with E-state index in [4.69, 9.17) is 15.7 Å². The van der Waals surface area contributed by atoms with Crippen LogP contribution in [-0.4, -0.2) is 54.3 Å². The van der Waals surface area contributed by atoms with E-state index in [-0.39, 0.29) is 30.0 Å². The third-order valence-electron chi connectivity index (χ3n) is 13.6. The second kappa shape index (κ2) is 14.4. The standard InChI is InChI=1S/C34H65N3O6S/c1-22(2)34(39,43-44(40,41)42)17-12-23(3)26-10-11-27-31-28(14-16-33(26,27)5)32(4)15-13-24(20-25(32)21-29(31)38)8-6-9-30(36)37-19-7-18-35/h22-31,37-39H,6-21,35-36H2,1-5H3,(H,40,41,42)/t23-,24+,25-,26-,27?,28?,29-,30?,31?,32+,33-,34?/m1/s1. The van der Waals surface area contributed by atoms with Crippen LogP contribution in [0.4, 0.5) is 0 Å². The van der Waals surface area contributed by atoms with Crippen molar-refractivity contribution in [2.45, 2.75) is 143 Å². The van der Waals surface area contributed by atoms with Gasteiger partial charge in [0.05, 0.1) is 12.3 Å². The Kier molecular flexibility index (Phi) is 12.0. The lowest BCUT2D eigenvalue weighted by molar-refractivity contribution is -0.181. The molecule has 5 unspecified atom stereocenters. The molecule has 44 heavy (non-hydrogen) atoms. The van der Waals surface area contributed by atoms with Crippen LogP contribution >= 0.6 is 0 Å². The van der Waals surface area contributed by atoms with E-state index in [1.807, 2.05) is 0 Å². The lowest BCUT2D eigenvalue weighted by Gasteiger charge is -2.62. The molecule has 0 spiro atoms. The summed E-state index contributed by atoms with van der Waals surface area (Å²) in [4.78, 5) is 0. The lowest BCUT2D eigenvalue weighted by atomic mass is 9.43. The van der Waals surface area contributed by atoms with Crippen LogP contribution in [0.3, 0.4) is 0 Å². The van der Waals surface area contributed by atoms with Gasteiger partial charge in [-0.2, -0.15) is 8.42 Å². The molecule has 4 saturated carbocycles. The second-order valence-corrected chi connectivity index (χ2v) is 17.3. The Morgan fingerprint density at radius 1 is 1.00 bits per heavy atom. The number of nitrogens with two attached hydrogens (primary N) is 2. The number of hydrogen-bond donors (Lipinski definition) is 6. The molecule has 0 aromatic heterocycles. The zero-order valence-electron chi connectivity index (χ0n) is 28.2. The Bertz CT molecular complexity index is 1050. The molecule has 0 amide bonds. The summed E-state index contributed by atoms with van der Waals surface area (Å²) < 4.78 is 36.9. The maximum atomic E-state index is 11.8. The molecule has 8 N–H and O–H groups in total. The summed E-state index contributed by atoms with van der Waals surface area (Å²) in [7, 11) is -4.76. The highest BCUT2D eigenvalue weighted by molar-refractivity contribution is 7.80. The van der Waals surface area contributed by atoms with Crippen molar-refractivity contribution in [2.24, 2.45) is 69.6 Å². The molecule has 4 aliphatic carbocycles. The zero-order valence-corrected chi connectivity index (χ0v) is 29.0. The van der Waals surface area contributed by atoms with E-state index in [2.05, 4.69) is 26.1 Å².